The van der Waals surface area contributed by atoms with Gasteiger partial charge in [0.1, 0.15) is 6.04 Å². The van der Waals surface area contributed by atoms with Crippen molar-refractivity contribution in [3.63, 3.8) is 0 Å². The zero-order chi connectivity index (χ0) is 34.3. The molecule has 2 aromatic heterocycles. The Labute approximate surface area is 286 Å². The second kappa shape index (κ2) is 13.4. The Morgan fingerprint density at radius 1 is 1.02 bits per heavy atom. The third kappa shape index (κ3) is 6.48. The number of fused-ring (bicyclic) bond motifs is 2. The number of carbonyl (C=O) groups excluding carboxylic acids is 4. The number of likely N-dealkylation sites (N-methyl/N-ethyl adjacent to an activating group) is 1. The Kier molecular flexibility index (Phi) is 9.03. The van der Waals surface area contributed by atoms with Crippen molar-refractivity contribution in [3.05, 3.63) is 53.5 Å². The number of hydrogen-bond donors (Lipinski definition) is 3. The van der Waals surface area contributed by atoms with Crippen molar-refractivity contribution in [2.45, 2.75) is 76.9 Å². The van der Waals surface area contributed by atoms with Gasteiger partial charge >= 0.3 is 6.03 Å². The van der Waals surface area contributed by atoms with Crippen molar-refractivity contribution in [2.75, 3.05) is 51.2 Å². The molecule has 0 bridgehead atoms. The van der Waals surface area contributed by atoms with Gasteiger partial charge in [-0.1, -0.05) is 6.07 Å². The van der Waals surface area contributed by atoms with E-state index < -0.39 is 6.04 Å². The first-order valence-electron chi connectivity index (χ1n) is 17.6. The highest BCUT2D eigenvalue weighted by molar-refractivity contribution is 6.01. The molecule has 3 saturated heterocycles. The van der Waals surface area contributed by atoms with E-state index in [1.165, 1.54) is 0 Å². The van der Waals surface area contributed by atoms with Gasteiger partial charge in [0.25, 0.3) is 0 Å². The Hall–Kier alpha value is -4.52. The number of nitrogens with zero attached hydrogens (tertiary/aromatic N) is 6. The van der Waals surface area contributed by atoms with Crippen LogP contribution in [0.2, 0.25) is 0 Å². The number of pyridine rings is 1. The number of carbonyl (C=O) groups is 4. The highest BCUT2D eigenvalue weighted by atomic mass is 16.2. The number of aromatic amines is 1. The van der Waals surface area contributed by atoms with Gasteiger partial charge in [0.2, 0.25) is 17.7 Å². The Morgan fingerprint density at radius 2 is 1.76 bits per heavy atom. The molecule has 1 spiro atoms. The largest absolute Gasteiger partial charge is 0.341 e. The lowest BCUT2D eigenvalue weighted by molar-refractivity contribution is -0.136. The maximum atomic E-state index is 14.3. The summed E-state index contributed by atoms with van der Waals surface area (Å²) in [5, 5.41) is 14.4. The number of aryl methyl sites for hydroxylation is 1. The highest BCUT2D eigenvalue weighted by Crippen LogP contribution is 2.41. The van der Waals surface area contributed by atoms with Crippen LogP contribution in [0.1, 0.15) is 55.8 Å². The fraction of sp³-hybridized carbons (Fsp3) is 0.556. The minimum atomic E-state index is -0.736. The van der Waals surface area contributed by atoms with Crippen molar-refractivity contribution in [1.82, 2.24) is 40.5 Å². The van der Waals surface area contributed by atoms with Crippen molar-refractivity contribution in [2.24, 2.45) is 5.41 Å². The van der Waals surface area contributed by atoms with Crippen LogP contribution < -0.4 is 15.5 Å². The van der Waals surface area contributed by atoms with Gasteiger partial charge in [-0.25, -0.2) is 4.79 Å². The Balaban J connectivity index is 1.03. The van der Waals surface area contributed by atoms with Gasteiger partial charge in [-0.15, -0.1) is 0 Å². The molecule has 260 valence electrons. The topological polar surface area (TPSA) is 147 Å². The van der Waals surface area contributed by atoms with Crippen LogP contribution >= 0.6 is 0 Å². The summed E-state index contributed by atoms with van der Waals surface area (Å²) in [5.41, 5.74) is 4.63. The third-order valence-electron chi connectivity index (χ3n) is 11.4. The molecule has 4 aliphatic rings. The molecule has 1 aromatic carbocycles. The highest BCUT2D eigenvalue weighted by Gasteiger charge is 2.45. The van der Waals surface area contributed by atoms with E-state index >= 15 is 0 Å². The smallest absolute Gasteiger partial charge is 0.318 e. The standard InChI is InChI=1S/C36H47N9O4/c1-23-17-25(18-26-21-39-41-32(23)26)19-29(34(48)44-16-10-36(22-44)8-14-42(15-9-36)33(47)24(2)37-3)40-35(49)43-12-6-27(7-13-43)45-30-5-4-11-38-28(30)20-31(45)46/h4-5,11,17-18,21,24,27,29,37H,6-10,12-16,19-20,22H2,1-3H3,(H,39,41)(H,40,49)/t24-,29-/m1/s1. The van der Waals surface area contributed by atoms with E-state index in [0.29, 0.717) is 65.0 Å². The average molecular weight is 670 g/mol. The van der Waals surface area contributed by atoms with E-state index in [1.54, 1.807) is 24.3 Å². The normalized spacial score (nSPS) is 20.6. The van der Waals surface area contributed by atoms with E-state index in [4.69, 9.17) is 0 Å². The van der Waals surface area contributed by atoms with Gasteiger partial charge in [-0.2, -0.15) is 5.10 Å². The molecule has 2 atom stereocenters. The third-order valence-corrected chi connectivity index (χ3v) is 11.4. The summed E-state index contributed by atoms with van der Waals surface area (Å²) in [6.45, 7) is 7.54. The van der Waals surface area contributed by atoms with Crippen LogP contribution in [-0.4, -0.2) is 118 Å². The molecule has 3 N–H and O–H groups in total. The molecule has 3 aromatic rings. The molecule has 0 aliphatic carbocycles. The van der Waals surface area contributed by atoms with Gasteiger partial charge < -0.3 is 30.2 Å². The average Bonchev–Trinajstić information content (AvgIpc) is 3.84. The first kappa shape index (κ1) is 33.0. The summed E-state index contributed by atoms with van der Waals surface area (Å²) < 4.78 is 0. The molecular weight excluding hydrogens is 622 g/mol. The Bertz CT molecular complexity index is 1740. The van der Waals surface area contributed by atoms with E-state index in [1.807, 2.05) is 46.7 Å². The number of nitrogens with one attached hydrogen (secondary N) is 3. The molecule has 5 amide bonds. The van der Waals surface area contributed by atoms with Gasteiger partial charge in [0, 0.05) is 63.3 Å². The number of piperidine rings is 2. The van der Waals surface area contributed by atoms with Crippen LogP contribution in [0.25, 0.3) is 10.9 Å². The minimum Gasteiger partial charge on any atom is -0.341 e. The molecule has 4 aliphatic heterocycles. The minimum absolute atomic E-state index is 0.00744. The number of anilines is 1. The lowest BCUT2D eigenvalue weighted by atomic mass is 9.77. The lowest BCUT2D eigenvalue weighted by Crippen LogP contribution is -2.56. The summed E-state index contributed by atoms with van der Waals surface area (Å²) in [6.07, 6.45) is 8.11. The van der Waals surface area contributed by atoms with Crippen LogP contribution in [0.4, 0.5) is 10.5 Å². The number of H-pyrrole nitrogens is 1. The number of rotatable bonds is 7. The molecule has 0 saturated carbocycles. The number of likely N-dealkylation sites (tertiary alicyclic amines) is 3. The number of urea groups is 1. The summed E-state index contributed by atoms with van der Waals surface area (Å²) in [5.74, 6) is 0.105. The summed E-state index contributed by atoms with van der Waals surface area (Å²) in [6, 6.07) is 6.69. The SMILES string of the molecule is CN[C@H](C)C(=O)N1CCC2(CC1)CCN(C(=O)[C@@H](Cc1cc(C)c3[nH]ncc3c1)NC(=O)N1CCC(N3C(=O)Cc4ncccc43)CC1)C2. The predicted molar refractivity (Wildman–Crippen MR) is 185 cm³/mol. The fourth-order valence-corrected chi connectivity index (χ4v) is 8.33. The summed E-state index contributed by atoms with van der Waals surface area (Å²) >= 11 is 0. The van der Waals surface area contributed by atoms with Crippen LogP contribution in [0.3, 0.4) is 0 Å². The van der Waals surface area contributed by atoms with Gasteiger partial charge in [-0.3, -0.25) is 24.5 Å². The number of hydrogen-bond acceptors (Lipinski definition) is 7. The van der Waals surface area contributed by atoms with Crippen LogP contribution in [-0.2, 0) is 27.2 Å². The van der Waals surface area contributed by atoms with Crippen molar-refractivity contribution >= 4 is 40.3 Å². The van der Waals surface area contributed by atoms with Gasteiger partial charge in [0.15, 0.2) is 0 Å². The van der Waals surface area contributed by atoms with Crippen molar-refractivity contribution in [1.29, 1.82) is 0 Å². The molecule has 49 heavy (non-hydrogen) atoms. The predicted octanol–water partition coefficient (Wildman–Crippen LogP) is 2.39. The first-order valence-corrected chi connectivity index (χ1v) is 17.6. The van der Waals surface area contributed by atoms with Gasteiger partial charge in [0.05, 0.1) is 35.6 Å². The van der Waals surface area contributed by atoms with Crippen LogP contribution in [0, 0.1) is 12.3 Å². The number of aromatic nitrogens is 3. The molecule has 0 unspecified atom stereocenters. The Morgan fingerprint density at radius 3 is 2.49 bits per heavy atom. The zero-order valence-corrected chi connectivity index (χ0v) is 28.7. The maximum absolute atomic E-state index is 14.3. The van der Waals surface area contributed by atoms with E-state index in [-0.39, 0.29) is 41.3 Å². The summed E-state index contributed by atoms with van der Waals surface area (Å²) in [7, 11) is 1.80. The maximum Gasteiger partial charge on any atom is 0.318 e. The van der Waals surface area contributed by atoms with Gasteiger partial charge in [-0.05, 0) is 87.7 Å². The lowest BCUT2D eigenvalue weighted by Gasteiger charge is -2.40. The van der Waals surface area contributed by atoms with E-state index in [2.05, 4.69) is 31.9 Å². The van der Waals surface area contributed by atoms with Crippen LogP contribution in [0.5, 0.6) is 0 Å². The fourth-order valence-electron chi connectivity index (χ4n) is 8.33. The molecule has 7 rings (SSSR count). The molecule has 13 nitrogen and oxygen atoms in total. The van der Waals surface area contributed by atoms with Crippen molar-refractivity contribution in [3.8, 4) is 0 Å². The van der Waals surface area contributed by atoms with Crippen molar-refractivity contribution < 1.29 is 19.2 Å². The molecule has 13 heteroatoms. The first-order chi connectivity index (χ1) is 23.6. The molecule has 6 heterocycles. The monoisotopic (exact) mass is 669 g/mol. The van der Waals surface area contributed by atoms with Crippen LogP contribution in [0.15, 0.2) is 36.7 Å². The van der Waals surface area contributed by atoms with E-state index in [0.717, 1.165) is 52.7 Å². The number of benzene rings is 1. The van der Waals surface area contributed by atoms with E-state index in [9.17, 15) is 19.2 Å². The molecule has 3 fully saturated rings. The second-order valence-electron chi connectivity index (χ2n) is 14.4. The molecular formula is C36H47N9O4. The quantitative estimate of drug-likeness (QED) is 0.350. The summed E-state index contributed by atoms with van der Waals surface area (Å²) in [4.78, 5) is 65.7. The molecule has 0 radical (unpaired) electrons. The zero-order valence-electron chi connectivity index (χ0n) is 28.7. The number of amides is 5. The second-order valence-corrected chi connectivity index (χ2v) is 14.4.